The van der Waals surface area contributed by atoms with Gasteiger partial charge in [0, 0.05) is 53.4 Å². The van der Waals surface area contributed by atoms with Gasteiger partial charge in [-0.15, -0.1) is 0 Å². The summed E-state index contributed by atoms with van der Waals surface area (Å²) in [6.45, 7) is 5.10. The smallest absolute Gasteiger partial charge is 0.416 e. The predicted molar refractivity (Wildman–Crippen MR) is 245 cm³/mol. The number of halogens is 6. The number of ketones is 1. The summed E-state index contributed by atoms with van der Waals surface area (Å²) >= 11 is 0. The fourth-order valence-electron chi connectivity index (χ4n) is 7.29. The average Bonchev–Trinajstić information content (AvgIpc) is 3.97. The minimum Gasteiger partial charge on any atom is -0.496 e. The van der Waals surface area contributed by atoms with Crippen molar-refractivity contribution in [1.29, 1.82) is 0 Å². The number of nitrogens with one attached hydrogen (secondary N) is 3. The third-order valence-corrected chi connectivity index (χ3v) is 11.0. The number of nitrogens with zero attached hydrogens (tertiary/aromatic N) is 7. The number of H-pyrrole nitrogens is 1. The second-order valence-electron chi connectivity index (χ2n) is 16.1. The van der Waals surface area contributed by atoms with Crippen molar-refractivity contribution in [1.82, 2.24) is 39.5 Å². The lowest BCUT2D eigenvalue weighted by molar-refractivity contribution is -0.138. The number of anilines is 4. The van der Waals surface area contributed by atoms with Crippen LogP contribution in [0, 0.1) is 13.8 Å². The van der Waals surface area contributed by atoms with Crippen molar-refractivity contribution in [3.8, 4) is 51.1 Å². The molecule has 8 aromatic rings. The lowest BCUT2D eigenvalue weighted by atomic mass is 9.92. The Kier molecular flexibility index (Phi) is 13.0. The fourth-order valence-corrected chi connectivity index (χ4v) is 7.29. The van der Waals surface area contributed by atoms with Gasteiger partial charge in [0.25, 0.3) is 0 Å². The molecule has 0 spiro atoms. The predicted octanol–water partition coefficient (Wildman–Crippen LogP) is 11.2. The molecule has 354 valence electrons. The number of Topliss-reactive ketones (excluding diaryl/α,β-unsaturated/α-hetero) is 1. The lowest BCUT2D eigenvalue weighted by Crippen LogP contribution is -2.25. The summed E-state index contributed by atoms with van der Waals surface area (Å²) in [4.78, 5) is 44.2. The van der Waals surface area contributed by atoms with E-state index < -0.39 is 34.9 Å². The molecule has 0 aliphatic rings. The van der Waals surface area contributed by atoms with Crippen molar-refractivity contribution < 1.29 is 45.7 Å². The Hall–Kier alpha value is -8.13. The Labute approximate surface area is 390 Å². The van der Waals surface area contributed by atoms with Gasteiger partial charge in [-0.25, -0.2) is 29.9 Å². The Bertz CT molecular complexity index is 3150. The van der Waals surface area contributed by atoms with Crippen LogP contribution in [-0.2, 0) is 18.0 Å². The van der Waals surface area contributed by atoms with Gasteiger partial charge in [-0.3, -0.25) is 4.79 Å². The number of carbonyl (C=O) groups excluding carboxylic acids is 1. The SMILES string of the molecule is COc1cc(Nc2nc(-c3ccc(C(F)(F)F)cc3)cc(C(C)(O)CCC(=O)c3cc(-c4ccc(C(F)(F)F)cc4)nc(Nc4ccc(-n5cnc(C)c5)c(OC)c4)n3)n2)ccc1-c1nc(C)c[nH]1. The second kappa shape index (κ2) is 18.9. The minimum atomic E-state index is -4.59. The number of methoxy groups -OCH3 is 2. The quantitative estimate of drug-likeness (QED) is 0.0566. The molecule has 1 unspecified atom stereocenters. The van der Waals surface area contributed by atoms with E-state index in [1.165, 1.54) is 57.5 Å². The summed E-state index contributed by atoms with van der Waals surface area (Å²) in [7, 11) is 2.99. The third-order valence-electron chi connectivity index (χ3n) is 11.0. The van der Waals surface area contributed by atoms with Crippen molar-refractivity contribution in [2.24, 2.45) is 0 Å². The van der Waals surface area contributed by atoms with E-state index in [4.69, 9.17) is 9.47 Å². The van der Waals surface area contributed by atoms with Gasteiger partial charge in [0.05, 0.1) is 71.4 Å². The van der Waals surface area contributed by atoms with Crippen LogP contribution in [0.2, 0.25) is 0 Å². The van der Waals surface area contributed by atoms with Gasteiger partial charge in [0.1, 0.15) is 28.6 Å². The zero-order valence-corrected chi connectivity index (χ0v) is 37.5. The largest absolute Gasteiger partial charge is 0.496 e. The Balaban J connectivity index is 1.10. The molecule has 4 heterocycles. The van der Waals surface area contributed by atoms with Crippen LogP contribution in [0.25, 0.3) is 39.6 Å². The highest BCUT2D eigenvalue weighted by atomic mass is 19.4. The van der Waals surface area contributed by atoms with E-state index in [1.807, 2.05) is 20.0 Å². The van der Waals surface area contributed by atoms with Crippen LogP contribution in [-0.4, -0.2) is 64.6 Å². The van der Waals surface area contributed by atoms with Crippen molar-refractivity contribution in [3.63, 3.8) is 0 Å². The molecule has 0 amide bonds. The molecule has 4 aromatic heterocycles. The molecule has 4 aromatic carbocycles. The highest BCUT2D eigenvalue weighted by molar-refractivity contribution is 5.95. The normalized spacial score (nSPS) is 12.6. The number of aromatic amines is 1. The van der Waals surface area contributed by atoms with Crippen LogP contribution in [0.3, 0.4) is 0 Å². The summed E-state index contributed by atoms with van der Waals surface area (Å²) in [6, 6.07) is 21.7. The van der Waals surface area contributed by atoms with E-state index in [-0.39, 0.29) is 58.6 Å². The van der Waals surface area contributed by atoms with Crippen molar-refractivity contribution in [2.75, 3.05) is 24.9 Å². The molecule has 4 N–H and O–H groups in total. The van der Waals surface area contributed by atoms with Crippen LogP contribution in [0.4, 0.5) is 49.6 Å². The maximum absolute atomic E-state index is 14.1. The Morgan fingerprint density at radius 1 is 0.696 bits per heavy atom. The van der Waals surface area contributed by atoms with Crippen molar-refractivity contribution >= 4 is 29.1 Å². The van der Waals surface area contributed by atoms with Gasteiger partial charge in [-0.05, 0) is 87.9 Å². The average molecular weight is 949 g/mol. The van der Waals surface area contributed by atoms with Gasteiger partial charge >= 0.3 is 12.4 Å². The maximum Gasteiger partial charge on any atom is 0.416 e. The summed E-state index contributed by atoms with van der Waals surface area (Å²) < 4.78 is 94.2. The molecule has 0 fully saturated rings. The molecule has 20 heteroatoms. The van der Waals surface area contributed by atoms with Gasteiger partial charge < -0.3 is 34.8 Å². The van der Waals surface area contributed by atoms with E-state index in [1.54, 1.807) is 53.5 Å². The van der Waals surface area contributed by atoms with Crippen molar-refractivity contribution in [3.05, 3.63) is 150 Å². The standard InChI is InChI=1S/C49H42F6N10O4/c1-27-24-56-44(58-27)35-16-14-33(20-41(35)68-4)60-46-62-37(30-8-12-32(13-9-30)49(53,54)55)23-43(64-46)47(3,67)19-18-40(66)38-22-36(29-6-10-31(11-7-29)48(50,51)52)61-45(63-38)59-34-15-17-39(42(21-34)69-5)65-25-28(2)57-26-65/h6-17,20-26,67H,18-19H2,1-5H3,(H,56,58)(H,59,61,63)(H,60,62,64). The van der Waals surface area contributed by atoms with Crippen LogP contribution in [0.15, 0.2) is 116 Å². The molecule has 0 bridgehead atoms. The zero-order chi connectivity index (χ0) is 49.3. The van der Waals surface area contributed by atoms with Crippen LogP contribution in [0.1, 0.15) is 58.5 Å². The summed E-state index contributed by atoms with van der Waals surface area (Å²) in [5, 5.41) is 18.2. The van der Waals surface area contributed by atoms with Crippen LogP contribution >= 0.6 is 0 Å². The molecule has 0 aliphatic carbocycles. The molecule has 1 atom stereocenters. The molecule has 0 radical (unpaired) electrons. The maximum atomic E-state index is 14.1. The van der Waals surface area contributed by atoms with Crippen molar-refractivity contribution in [2.45, 2.75) is 51.6 Å². The zero-order valence-electron chi connectivity index (χ0n) is 37.5. The first-order valence-electron chi connectivity index (χ1n) is 21.1. The van der Waals surface area contributed by atoms with E-state index in [0.29, 0.717) is 39.9 Å². The highest BCUT2D eigenvalue weighted by Crippen LogP contribution is 2.37. The Morgan fingerprint density at radius 3 is 1.80 bits per heavy atom. The highest BCUT2D eigenvalue weighted by Gasteiger charge is 2.32. The molecule has 0 saturated carbocycles. The Morgan fingerprint density at radius 2 is 1.26 bits per heavy atom. The fraction of sp³-hybridized carbons (Fsp3) is 0.204. The summed E-state index contributed by atoms with van der Waals surface area (Å²) in [5.74, 6) is 0.815. The second-order valence-corrected chi connectivity index (χ2v) is 16.1. The first kappa shape index (κ1) is 47.4. The minimum absolute atomic E-state index is 0.0241. The number of hydrogen-bond donors (Lipinski definition) is 4. The van der Waals surface area contributed by atoms with E-state index in [2.05, 4.69) is 45.5 Å². The number of hydrogen-bond acceptors (Lipinski definition) is 12. The molecule has 0 saturated heterocycles. The number of benzene rings is 4. The first-order valence-corrected chi connectivity index (χ1v) is 21.1. The third kappa shape index (κ3) is 10.9. The number of aryl methyl sites for hydroxylation is 2. The molecule has 69 heavy (non-hydrogen) atoms. The van der Waals surface area contributed by atoms with E-state index in [0.717, 1.165) is 35.7 Å². The van der Waals surface area contributed by atoms with E-state index >= 15 is 0 Å². The molecular weight excluding hydrogens is 907 g/mol. The van der Waals surface area contributed by atoms with E-state index in [9.17, 15) is 36.2 Å². The molecular formula is C49H42F6N10O4. The molecule has 8 rings (SSSR count). The monoisotopic (exact) mass is 948 g/mol. The van der Waals surface area contributed by atoms with Gasteiger partial charge in [0.2, 0.25) is 11.9 Å². The number of aromatic nitrogens is 8. The van der Waals surface area contributed by atoms with Crippen LogP contribution < -0.4 is 20.1 Å². The number of aliphatic hydroxyl groups is 1. The molecule has 0 aliphatic heterocycles. The number of ether oxygens (including phenoxy) is 2. The molecule has 14 nitrogen and oxygen atoms in total. The van der Waals surface area contributed by atoms with Gasteiger partial charge in [0.15, 0.2) is 5.78 Å². The number of rotatable bonds is 15. The summed E-state index contributed by atoms with van der Waals surface area (Å²) in [5.41, 5.74) is 0.959. The lowest BCUT2D eigenvalue weighted by Gasteiger charge is -2.24. The topological polar surface area (TPSA) is 178 Å². The number of carbonyl (C=O) groups is 1. The van der Waals surface area contributed by atoms with Gasteiger partial charge in [-0.2, -0.15) is 26.3 Å². The summed E-state index contributed by atoms with van der Waals surface area (Å²) in [6.07, 6.45) is -4.55. The number of alkyl halides is 6. The van der Waals surface area contributed by atoms with Gasteiger partial charge in [-0.1, -0.05) is 24.3 Å². The first-order chi connectivity index (χ1) is 32.8. The number of imidazole rings is 2. The van der Waals surface area contributed by atoms with Crippen LogP contribution in [0.5, 0.6) is 11.5 Å².